The van der Waals surface area contributed by atoms with Crippen molar-refractivity contribution in [3.8, 4) is 0 Å². The second kappa shape index (κ2) is 15.1. The van der Waals surface area contributed by atoms with Crippen molar-refractivity contribution in [2.45, 2.75) is 77.7 Å². The summed E-state index contributed by atoms with van der Waals surface area (Å²) >= 11 is 0. The van der Waals surface area contributed by atoms with Crippen molar-refractivity contribution in [1.29, 1.82) is 0 Å². The lowest BCUT2D eigenvalue weighted by molar-refractivity contribution is 0.0162. The highest BCUT2D eigenvalue weighted by Crippen LogP contribution is 2.42. The first kappa shape index (κ1) is 24.2. The monoisotopic (exact) mass is 386 g/mol. The molecule has 6 nitrogen and oxygen atoms in total. The fourth-order valence-electron chi connectivity index (χ4n) is 3.24. The van der Waals surface area contributed by atoms with E-state index in [1.165, 1.54) is 12.8 Å². The summed E-state index contributed by atoms with van der Waals surface area (Å²) in [6, 6.07) is -0.00101. The van der Waals surface area contributed by atoms with Gasteiger partial charge in [-0.3, -0.25) is 0 Å². The Morgan fingerprint density at radius 3 is 2.11 bits per heavy atom. The van der Waals surface area contributed by atoms with Gasteiger partial charge in [-0.15, -0.1) is 0 Å². The average Bonchev–Trinajstić information content (AvgIpc) is 3.42. The fourth-order valence-corrected chi connectivity index (χ4v) is 3.24. The second-order valence-corrected chi connectivity index (χ2v) is 7.53. The number of hydrogen-bond acceptors (Lipinski definition) is 4. The molecule has 1 rings (SSSR count). The summed E-state index contributed by atoms with van der Waals surface area (Å²) < 4.78 is 16.1. The standard InChI is InChI=1S/C21H42N2O4/c1-4-19(5-2)18-21(10-11-21)23-20(24)22-12-8-7-9-13-26-16-17-27-15-14-25-6-3/h19H,4-18H2,1-3H3,(H2,22,23,24). The molecule has 0 saturated heterocycles. The van der Waals surface area contributed by atoms with Crippen molar-refractivity contribution in [3.63, 3.8) is 0 Å². The number of carbonyl (C=O) groups excluding carboxylic acids is 1. The van der Waals surface area contributed by atoms with Gasteiger partial charge in [0.1, 0.15) is 0 Å². The lowest BCUT2D eigenvalue weighted by Gasteiger charge is -2.22. The first-order chi connectivity index (χ1) is 13.2. The van der Waals surface area contributed by atoms with Crippen molar-refractivity contribution in [1.82, 2.24) is 10.6 Å². The third-order valence-electron chi connectivity index (χ3n) is 5.27. The van der Waals surface area contributed by atoms with Crippen molar-refractivity contribution in [3.05, 3.63) is 0 Å². The van der Waals surface area contributed by atoms with Gasteiger partial charge in [-0.1, -0.05) is 26.7 Å². The highest BCUT2D eigenvalue weighted by molar-refractivity contribution is 5.75. The fraction of sp³-hybridized carbons (Fsp3) is 0.952. The maximum absolute atomic E-state index is 12.1. The molecule has 6 heteroatoms. The van der Waals surface area contributed by atoms with Crippen LogP contribution in [0.3, 0.4) is 0 Å². The zero-order chi connectivity index (χ0) is 19.8. The van der Waals surface area contributed by atoms with Crippen LogP contribution in [0, 0.1) is 5.92 Å². The molecule has 160 valence electrons. The minimum atomic E-state index is -0.00101. The first-order valence-electron chi connectivity index (χ1n) is 10.9. The maximum atomic E-state index is 12.1. The maximum Gasteiger partial charge on any atom is 0.315 e. The summed E-state index contributed by atoms with van der Waals surface area (Å²) in [5.74, 6) is 0.725. The molecule has 1 aliphatic carbocycles. The van der Waals surface area contributed by atoms with E-state index < -0.39 is 0 Å². The Hall–Kier alpha value is -0.850. The minimum Gasteiger partial charge on any atom is -0.379 e. The van der Waals surface area contributed by atoms with Gasteiger partial charge in [-0.05, 0) is 51.4 Å². The van der Waals surface area contributed by atoms with Gasteiger partial charge < -0.3 is 24.8 Å². The molecule has 0 atom stereocenters. The molecule has 0 bridgehead atoms. The molecule has 0 unspecified atom stereocenters. The molecule has 0 aromatic rings. The molecule has 0 radical (unpaired) electrons. The van der Waals surface area contributed by atoms with Crippen LogP contribution < -0.4 is 10.6 Å². The Morgan fingerprint density at radius 1 is 0.889 bits per heavy atom. The van der Waals surface area contributed by atoms with E-state index in [1.807, 2.05) is 6.92 Å². The summed E-state index contributed by atoms with van der Waals surface area (Å²) in [6.45, 7) is 11.2. The van der Waals surface area contributed by atoms with E-state index in [1.54, 1.807) is 0 Å². The molecule has 0 heterocycles. The summed E-state index contributed by atoms with van der Waals surface area (Å²) in [5.41, 5.74) is 0.0827. The van der Waals surface area contributed by atoms with Crippen LogP contribution >= 0.6 is 0 Å². The van der Waals surface area contributed by atoms with Gasteiger partial charge in [0.05, 0.1) is 26.4 Å². The number of carbonyl (C=O) groups is 1. The van der Waals surface area contributed by atoms with E-state index in [4.69, 9.17) is 14.2 Å². The third kappa shape index (κ3) is 12.3. The quantitative estimate of drug-likeness (QED) is 0.351. The van der Waals surface area contributed by atoms with E-state index in [9.17, 15) is 4.79 Å². The topological polar surface area (TPSA) is 68.8 Å². The Bertz CT molecular complexity index is 371. The van der Waals surface area contributed by atoms with Gasteiger partial charge in [0, 0.05) is 25.3 Å². The number of urea groups is 1. The van der Waals surface area contributed by atoms with Crippen LogP contribution in [0.4, 0.5) is 4.79 Å². The number of ether oxygens (including phenoxy) is 3. The van der Waals surface area contributed by atoms with Crippen LogP contribution in [0.2, 0.25) is 0 Å². The Labute approximate surface area is 166 Å². The summed E-state index contributed by atoms with van der Waals surface area (Å²) in [7, 11) is 0. The zero-order valence-electron chi connectivity index (χ0n) is 17.8. The van der Waals surface area contributed by atoms with Gasteiger partial charge in [0.15, 0.2) is 0 Å². The summed E-state index contributed by atoms with van der Waals surface area (Å²) in [4.78, 5) is 12.1. The number of hydrogen-bond donors (Lipinski definition) is 2. The highest BCUT2D eigenvalue weighted by Gasteiger charge is 2.44. The van der Waals surface area contributed by atoms with Gasteiger partial charge >= 0.3 is 6.03 Å². The number of rotatable bonds is 18. The largest absolute Gasteiger partial charge is 0.379 e. The van der Waals surface area contributed by atoms with Crippen LogP contribution in [0.1, 0.15) is 72.1 Å². The first-order valence-corrected chi connectivity index (χ1v) is 10.9. The van der Waals surface area contributed by atoms with Gasteiger partial charge in [-0.25, -0.2) is 4.79 Å². The predicted octanol–water partition coefficient (Wildman–Crippen LogP) is 3.88. The minimum absolute atomic E-state index is 0.00101. The third-order valence-corrected chi connectivity index (χ3v) is 5.27. The van der Waals surface area contributed by atoms with Crippen LogP contribution in [0.25, 0.3) is 0 Å². The normalized spacial score (nSPS) is 15.1. The molecule has 0 aliphatic heterocycles. The van der Waals surface area contributed by atoms with Gasteiger partial charge in [0.25, 0.3) is 0 Å². The molecule has 1 aliphatic rings. The molecule has 1 saturated carbocycles. The van der Waals surface area contributed by atoms with E-state index >= 15 is 0 Å². The lowest BCUT2D eigenvalue weighted by Crippen LogP contribution is -2.44. The van der Waals surface area contributed by atoms with Crippen LogP contribution in [-0.4, -0.2) is 57.8 Å². The molecule has 2 amide bonds. The van der Waals surface area contributed by atoms with E-state index in [0.29, 0.717) is 26.4 Å². The smallest absolute Gasteiger partial charge is 0.315 e. The Balaban J connectivity index is 1.89. The van der Waals surface area contributed by atoms with Crippen molar-refractivity contribution in [2.75, 3.05) is 46.2 Å². The van der Waals surface area contributed by atoms with Gasteiger partial charge in [-0.2, -0.15) is 0 Å². The predicted molar refractivity (Wildman–Crippen MR) is 109 cm³/mol. The molecule has 0 aromatic carbocycles. The number of amides is 2. The summed E-state index contributed by atoms with van der Waals surface area (Å²) in [5, 5.41) is 6.21. The SMILES string of the molecule is CCOCCOCCOCCCCCNC(=O)NC1(CC(CC)CC)CC1. The molecular weight excluding hydrogens is 344 g/mol. The second-order valence-electron chi connectivity index (χ2n) is 7.53. The highest BCUT2D eigenvalue weighted by atomic mass is 16.5. The van der Waals surface area contributed by atoms with Crippen LogP contribution in [-0.2, 0) is 14.2 Å². The van der Waals surface area contributed by atoms with Crippen molar-refractivity contribution < 1.29 is 19.0 Å². The number of unbranched alkanes of at least 4 members (excludes halogenated alkanes) is 2. The molecular formula is C21H42N2O4. The molecule has 27 heavy (non-hydrogen) atoms. The van der Waals surface area contributed by atoms with E-state index in [-0.39, 0.29) is 11.6 Å². The number of nitrogens with one attached hydrogen (secondary N) is 2. The van der Waals surface area contributed by atoms with Crippen LogP contribution in [0.5, 0.6) is 0 Å². The Morgan fingerprint density at radius 2 is 1.52 bits per heavy atom. The van der Waals surface area contributed by atoms with Gasteiger partial charge in [0.2, 0.25) is 0 Å². The van der Waals surface area contributed by atoms with Crippen molar-refractivity contribution in [2.24, 2.45) is 5.92 Å². The van der Waals surface area contributed by atoms with Crippen LogP contribution in [0.15, 0.2) is 0 Å². The molecule has 0 spiro atoms. The van der Waals surface area contributed by atoms with Crippen molar-refractivity contribution >= 4 is 6.03 Å². The molecule has 2 N–H and O–H groups in total. The Kier molecular flexibility index (Phi) is 13.5. The van der Waals surface area contributed by atoms with E-state index in [2.05, 4.69) is 24.5 Å². The molecule has 1 fully saturated rings. The van der Waals surface area contributed by atoms with E-state index in [0.717, 1.165) is 64.2 Å². The summed E-state index contributed by atoms with van der Waals surface area (Å²) in [6.07, 6.45) is 8.84. The lowest BCUT2D eigenvalue weighted by atomic mass is 9.93. The zero-order valence-corrected chi connectivity index (χ0v) is 17.8. The average molecular weight is 387 g/mol. The molecule has 0 aromatic heterocycles.